The van der Waals surface area contributed by atoms with Gasteiger partial charge in [0.1, 0.15) is 11.2 Å². The van der Waals surface area contributed by atoms with Gasteiger partial charge in [0.05, 0.1) is 0 Å². The van der Waals surface area contributed by atoms with E-state index >= 15 is 0 Å². The van der Waals surface area contributed by atoms with Crippen molar-refractivity contribution in [3.05, 3.63) is 199 Å². The molecule has 0 unspecified atom stereocenters. The summed E-state index contributed by atoms with van der Waals surface area (Å²) in [4.78, 5) is 3.73. The molecule has 0 atom stereocenters. The van der Waals surface area contributed by atoms with E-state index in [9.17, 15) is 0 Å². The summed E-state index contributed by atoms with van der Waals surface area (Å²) in [5, 5.41) is 3.64. The van der Waals surface area contributed by atoms with Crippen LogP contribution >= 0.6 is 11.3 Å². The van der Waals surface area contributed by atoms with Crippen LogP contribution in [0.5, 0.6) is 0 Å². The standard InChI is InChI=1S/C53H37NOS/c1-53(2)50-42(15-10-16-46(50)52-51(53)45-14-7-9-18-49(45)56-52)38-21-19-35(20-22-38)37-25-29-40(30-26-37)54(39-27-23-36(24-28-39)34-11-4-3-5-12-34)41-31-32-44-43-13-6-8-17-47(43)55-48(44)33-41/h3-33H,1-2H3. The van der Waals surface area contributed by atoms with Gasteiger partial charge in [0.2, 0.25) is 0 Å². The fourth-order valence-corrected chi connectivity index (χ4v) is 10.4. The molecule has 0 saturated heterocycles. The number of benzene rings is 8. The maximum atomic E-state index is 6.35. The number of para-hydroxylation sites is 1. The van der Waals surface area contributed by atoms with E-state index in [-0.39, 0.29) is 5.41 Å². The molecule has 1 aliphatic rings. The Morgan fingerprint density at radius 2 is 0.946 bits per heavy atom. The third-order valence-corrected chi connectivity index (χ3v) is 12.9. The largest absolute Gasteiger partial charge is 0.456 e. The van der Waals surface area contributed by atoms with Gasteiger partial charge in [-0.25, -0.2) is 0 Å². The van der Waals surface area contributed by atoms with E-state index in [2.05, 4.69) is 195 Å². The molecule has 0 bridgehead atoms. The Balaban J connectivity index is 0.940. The van der Waals surface area contributed by atoms with E-state index in [1.807, 2.05) is 23.5 Å². The molecule has 0 radical (unpaired) electrons. The lowest BCUT2D eigenvalue weighted by molar-refractivity contribution is 0.668. The average molecular weight is 736 g/mol. The van der Waals surface area contributed by atoms with E-state index in [4.69, 9.17) is 4.42 Å². The molecule has 0 fully saturated rings. The van der Waals surface area contributed by atoms with Crippen LogP contribution in [0.3, 0.4) is 0 Å². The Morgan fingerprint density at radius 1 is 0.411 bits per heavy atom. The highest BCUT2D eigenvalue weighted by molar-refractivity contribution is 7.22. The SMILES string of the molecule is CC1(C)c2c(-c3ccc(-c4ccc(N(c5ccc(-c6ccccc6)cc5)c5ccc6c(c5)oc5ccccc56)cc4)cc3)cccc2-c2sc3ccccc3c21. The van der Waals surface area contributed by atoms with Crippen LogP contribution in [0.15, 0.2) is 192 Å². The molecule has 0 saturated carbocycles. The number of nitrogens with zero attached hydrogens (tertiary/aromatic N) is 1. The topological polar surface area (TPSA) is 16.4 Å². The fourth-order valence-electron chi connectivity index (χ4n) is 9.02. The summed E-state index contributed by atoms with van der Waals surface area (Å²) in [5.74, 6) is 0. The zero-order valence-corrected chi connectivity index (χ0v) is 32.0. The normalized spacial score (nSPS) is 13.0. The maximum absolute atomic E-state index is 6.35. The monoisotopic (exact) mass is 735 g/mol. The highest BCUT2D eigenvalue weighted by atomic mass is 32.1. The van der Waals surface area contributed by atoms with Gasteiger partial charge < -0.3 is 9.32 Å². The minimum Gasteiger partial charge on any atom is -0.456 e. The average Bonchev–Trinajstić information content (AvgIpc) is 3.90. The van der Waals surface area contributed by atoms with Gasteiger partial charge in [-0.2, -0.15) is 0 Å². The summed E-state index contributed by atoms with van der Waals surface area (Å²) in [6.45, 7) is 4.79. The number of rotatable bonds is 6. The first-order valence-corrected chi connectivity index (χ1v) is 20.1. The molecule has 266 valence electrons. The van der Waals surface area contributed by atoms with Gasteiger partial charge in [0.25, 0.3) is 0 Å². The van der Waals surface area contributed by atoms with Crippen LogP contribution in [-0.2, 0) is 5.41 Å². The lowest BCUT2D eigenvalue weighted by Crippen LogP contribution is -2.16. The summed E-state index contributed by atoms with van der Waals surface area (Å²) in [5.41, 5.74) is 16.5. The van der Waals surface area contributed by atoms with Crippen LogP contribution in [0.4, 0.5) is 17.1 Å². The fraction of sp³-hybridized carbons (Fsp3) is 0.0566. The van der Waals surface area contributed by atoms with Crippen molar-refractivity contribution < 1.29 is 4.42 Å². The molecular weight excluding hydrogens is 699 g/mol. The molecule has 1 aliphatic carbocycles. The first kappa shape index (κ1) is 32.7. The number of anilines is 3. The Morgan fingerprint density at radius 3 is 1.66 bits per heavy atom. The van der Waals surface area contributed by atoms with Gasteiger partial charge in [-0.1, -0.05) is 147 Å². The van der Waals surface area contributed by atoms with Crippen molar-refractivity contribution in [1.82, 2.24) is 0 Å². The Hall–Kier alpha value is -6.68. The van der Waals surface area contributed by atoms with E-state index in [0.717, 1.165) is 39.0 Å². The van der Waals surface area contributed by atoms with Crippen LogP contribution in [0.2, 0.25) is 0 Å². The Labute approximate surface area is 330 Å². The van der Waals surface area contributed by atoms with Crippen LogP contribution < -0.4 is 4.90 Å². The first-order chi connectivity index (χ1) is 27.5. The Kier molecular flexibility index (Phi) is 7.42. The first-order valence-electron chi connectivity index (χ1n) is 19.2. The van der Waals surface area contributed by atoms with E-state index in [0.29, 0.717) is 0 Å². The highest BCUT2D eigenvalue weighted by Crippen LogP contribution is 2.57. The van der Waals surface area contributed by atoms with Crippen molar-refractivity contribution in [3.8, 4) is 43.8 Å². The van der Waals surface area contributed by atoms with Crippen molar-refractivity contribution in [2.75, 3.05) is 4.90 Å². The maximum Gasteiger partial charge on any atom is 0.137 e. The molecular formula is C53H37NOS. The van der Waals surface area contributed by atoms with Gasteiger partial charge in [-0.3, -0.25) is 0 Å². The molecule has 0 amide bonds. The number of hydrogen-bond donors (Lipinski definition) is 0. The second-order valence-corrected chi connectivity index (χ2v) is 16.4. The second kappa shape index (κ2) is 12.7. The minimum atomic E-state index is -0.0853. The lowest BCUT2D eigenvalue weighted by Gasteiger charge is -2.26. The number of fused-ring (bicyclic) bond motifs is 8. The van der Waals surface area contributed by atoms with Gasteiger partial charge in [-0.05, 0) is 104 Å². The summed E-state index contributed by atoms with van der Waals surface area (Å²) in [6.07, 6.45) is 0. The molecule has 2 heterocycles. The predicted molar refractivity (Wildman–Crippen MR) is 238 cm³/mol. The predicted octanol–water partition coefficient (Wildman–Crippen LogP) is 15.6. The molecule has 2 aromatic heterocycles. The molecule has 11 rings (SSSR count). The molecule has 8 aromatic carbocycles. The smallest absolute Gasteiger partial charge is 0.137 e. The minimum absolute atomic E-state index is 0.0853. The van der Waals surface area contributed by atoms with Crippen LogP contribution in [0.25, 0.3) is 75.8 Å². The van der Waals surface area contributed by atoms with Gasteiger partial charge in [0.15, 0.2) is 0 Å². The highest BCUT2D eigenvalue weighted by Gasteiger charge is 2.40. The van der Waals surface area contributed by atoms with E-state index < -0.39 is 0 Å². The third-order valence-electron chi connectivity index (χ3n) is 11.7. The number of thiophene rings is 1. The molecule has 0 spiro atoms. The van der Waals surface area contributed by atoms with E-state index in [1.165, 1.54) is 65.0 Å². The van der Waals surface area contributed by atoms with Crippen molar-refractivity contribution in [3.63, 3.8) is 0 Å². The van der Waals surface area contributed by atoms with Gasteiger partial charge >= 0.3 is 0 Å². The van der Waals surface area contributed by atoms with Crippen molar-refractivity contribution in [1.29, 1.82) is 0 Å². The van der Waals surface area contributed by atoms with Crippen molar-refractivity contribution in [2.24, 2.45) is 0 Å². The van der Waals surface area contributed by atoms with Crippen LogP contribution in [0, 0.1) is 0 Å². The van der Waals surface area contributed by atoms with Crippen molar-refractivity contribution in [2.45, 2.75) is 19.3 Å². The van der Waals surface area contributed by atoms with Gasteiger partial charge in [0, 0.05) is 48.9 Å². The molecule has 0 aliphatic heterocycles. The second-order valence-electron chi connectivity index (χ2n) is 15.3. The summed E-state index contributed by atoms with van der Waals surface area (Å²) >= 11 is 1.93. The van der Waals surface area contributed by atoms with Gasteiger partial charge in [-0.15, -0.1) is 11.3 Å². The number of hydrogen-bond acceptors (Lipinski definition) is 3. The van der Waals surface area contributed by atoms with Crippen LogP contribution in [0.1, 0.15) is 25.0 Å². The summed E-state index contributed by atoms with van der Waals surface area (Å²) in [6, 6.07) is 67.9. The van der Waals surface area contributed by atoms with E-state index in [1.54, 1.807) is 0 Å². The summed E-state index contributed by atoms with van der Waals surface area (Å²) in [7, 11) is 0. The third kappa shape index (κ3) is 5.16. The number of furan rings is 1. The zero-order valence-electron chi connectivity index (χ0n) is 31.2. The molecule has 0 N–H and O–H groups in total. The molecule has 3 heteroatoms. The molecule has 2 nitrogen and oxygen atoms in total. The molecule has 56 heavy (non-hydrogen) atoms. The zero-order chi connectivity index (χ0) is 37.4. The van der Waals surface area contributed by atoms with Crippen molar-refractivity contribution >= 4 is 60.4 Å². The Bertz CT molecular complexity index is 3080. The quantitative estimate of drug-likeness (QED) is 0.169. The van der Waals surface area contributed by atoms with Crippen LogP contribution in [-0.4, -0.2) is 0 Å². The summed E-state index contributed by atoms with van der Waals surface area (Å²) < 4.78 is 7.72. The lowest BCUT2D eigenvalue weighted by atomic mass is 9.78. The molecule has 10 aromatic rings.